The van der Waals surface area contributed by atoms with Gasteiger partial charge in [-0.3, -0.25) is 4.99 Å². The summed E-state index contributed by atoms with van der Waals surface area (Å²) in [6.07, 6.45) is 0. The average molecular weight is 195 g/mol. The van der Waals surface area contributed by atoms with Crippen LogP contribution in [0.15, 0.2) is 23.2 Å². The summed E-state index contributed by atoms with van der Waals surface area (Å²) in [5.74, 6) is 0.125. The lowest BCUT2D eigenvalue weighted by atomic mass is 10.2. The van der Waals surface area contributed by atoms with Crippen LogP contribution < -0.4 is 11.1 Å². The molecule has 0 bridgehead atoms. The van der Waals surface area contributed by atoms with E-state index in [0.717, 1.165) is 5.69 Å². The molecule has 0 amide bonds. The minimum Gasteiger partial charge on any atom is -0.370 e. The maximum absolute atomic E-state index is 12.9. The second-order valence-corrected chi connectivity index (χ2v) is 2.95. The van der Waals surface area contributed by atoms with Gasteiger partial charge in [0.05, 0.1) is 0 Å². The van der Waals surface area contributed by atoms with E-state index in [9.17, 15) is 4.39 Å². The number of benzene rings is 1. The lowest BCUT2D eigenvalue weighted by molar-refractivity contribution is 0.619. The molecule has 1 aromatic rings. The van der Waals surface area contributed by atoms with Crippen LogP contribution in [-0.2, 0) is 0 Å². The number of nitrogens with zero attached hydrogens (tertiary/aromatic N) is 1. The van der Waals surface area contributed by atoms with Gasteiger partial charge in [0.1, 0.15) is 5.82 Å². The summed E-state index contributed by atoms with van der Waals surface area (Å²) in [6.45, 7) is 4.22. The van der Waals surface area contributed by atoms with E-state index < -0.39 is 0 Å². The van der Waals surface area contributed by atoms with Crippen LogP contribution in [-0.4, -0.2) is 12.5 Å². The summed E-state index contributed by atoms with van der Waals surface area (Å²) in [4.78, 5) is 3.96. The Morgan fingerprint density at radius 2 is 2.29 bits per heavy atom. The lowest BCUT2D eigenvalue weighted by Crippen LogP contribution is -2.22. The fraction of sp³-hybridized carbons (Fsp3) is 0.300. The molecule has 4 heteroatoms. The fourth-order valence-corrected chi connectivity index (χ4v) is 1.08. The predicted octanol–water partition coefficient (Wildman–Crippen LogP) is 1.88. The topological polar surface area (TPSA) is 50.4 Å². The van der Waals surface area contributed by atoms with E-state index in [2.05, 4.69) is 10.3 Å². The van der Waals surface area contributed by atoms with E-state index in [1.165, 1.54) is 6.07 Å². The van der Waals surface area contributed by atoms with E-state index in [0.29, 0.717) is 18.1 Å². The third-order valence-electron chi connectivity index (χ3n) is 1.76. The van der Waals surface area contributed by atoms with Crippen LogP contribution in [0.5, 0.6) is 0 Å². The predicted molar refractivity (Wildman–Crippen MR) is 56.9 cm³/mol. The summed E-state index contributed by atoms with van der Waals surface area (Å²) in [6, 6.07) is 4.71. The normalized spacial score (nSPS) is 11.5. The van der Waals surface area contributed by atoms with Crippen LogP contribution in [0.25, 0.3) is 0 Å². The van der Waals surface area contributed by atoms with Crippen LogP contribution in [0.2, 0.25) is 0 Å². The first-order chi connectivity index (χ1) is 6.63. The van der Waals surface area contributed by atoms with Gasteiger partial charge in [-0.25, -0.2) is 4.39 Å². The Kier molecular flexibility index (Phi) is 3.45. The largest absolute Gasteiger partial charge is 0.370 e. The average Bonchev–Trinajstić information content (AvgIpc) is 2.12. The molecule has 1 aromatic carbocycles. The Balaban J connectivity index is 2.78. The number of nitrogens with one attached hydrogen (secondary N) is 1. The first-order valence-corrected chi connectivity index (χ1v) is 4.46. The SMILES string of the molecule is CCN=C(N)Nc1ccc(F)c(C)c1. The van der Waals surface area contributed by atoms with E-state index in [1.807, 2.05) is 6.92 Å². The van der Waals surface area contributed by atoms with Gasteiger partial charge in [0.2, 0.25) is 0 Å². The zero-order valence-corrected chi connectivity index (χ0v) is 8.34. The molecule has 0 heterocycles. The second-order valence-electron chi connectivity index (χ2n) is 2.95. The highest BCUT2D eigenvalue weighted by Gasteiger charge is 1.99. The third kappa shape index (κ3) is 2.73. The van der Waals surface area contributed by atoms with Crippen molar-refractivity contribution in [2.75, 3.05) is 11.9 Å². The van der Waals surface area contributed by atoms with Crippen molar-refractivity contribution >= 4 is 11.6 Å². The van der Waals surface area contributed by atoms with Crippen LogP contribution in [0, 0.1) is 12.7 Å². The number of nitrogens with two attached hydrogens (primary N) is 1. The maximum Gasteiger partial charge on any atom is 0.193 e. The lowest BCUT2D eigenvalue weighted by Gasteiger charge is -2.06. The Morgan fingerprint density at radius 1 is 1.57 bits per heavy atom. The first kappa shape index (κ1) is 10.5. The summed E-state index contributed by atoms with van der Waals surface area (Å²) >= 11 is 0. The van der Waals surface area contributed by atoms with E-state index in [1.54, 1.807) is 19.1 Å². The number of aryl methyl sites for hydroxylation is 1. The van der Waals surface area contributed by atoms with Crippen molar-refractivity contribution in [3.63, 3.8) is 0 Å². The van der Waals surface area contributed by atoms with E-state index in [-0.39, 0.29) is 5.82 Å². The second kappa shape index (κ2) is 4.60. The van der Waals surface area contributed by atoms with Gasteiger partial charge in [-0.15, -0.1) is 0 Å². The number of anilines is 1. The molecule has 76 valence electrons. The minimum atomic E-state index is -0.221. The van der Waals surface area contributed by atoms with E-state index in [4.69, 9.17) is 5.73 Å². The molecule has 3 N–H and O–H groups in total. The zero-order valence-electron chi connectivity index (χ0n) is 8.34. The Bertz CT molecular complexity index is 347. The molecule has 1 rings (SSSR count). The highest BCUT2D eigenvalue weighted by molar-refractivity contribution is 5.92. The summed E-state index contributed by atoms with van der Waals surface area (Å²) in [7, 11) is 0. The molecule has 0 aliphatic rings. The van der Waals surface area contributed by atoms with Crippen LogP contribution in [0.3, 0.4) is 0 Å². The van der Waals surface area contributed by atoms with Gasteiger partial charge < -0.3 is 11.1 Å². The molecule has 14 heavy (non-hydrogen) atoms. The van der Waals surface area contributed by atoms with Crippen molar-refractivity contribution in [3.05, 3.63) is 29.6 Å². The van der Waals surface area contributed by atoms with Crippen molar-refractivity contribution in [3.8, 4) is 0 Å². The van der Waals surface area contributed by atoms with Gasteiger partial charge in [0, 0.05) is 12.2 Å². The molecular formula is C10H14FN3. The molecule has 3 nitrogen and oxygen atoms in total. The zero-order chi connectivity index (χ0) is 10.6. The van der Waals surface area contributed by atoms with Crippen molar-refractivity contribution in [2.45, 2.75) is 13.8 Å². The van der Waals surface area contributed by atoms with Gasteiger partial charge in [-0.1, -0.05) is 0 Å². The minimum absolute atomic E-state index is 0.221. The Morgan fingerprint density at radius 3 is 2.86 bits per heavy atom. The van der Waals surface area contributed by atoms with Gasteiger partial charge in [-0.05, 0) is 37.6 Å². The summed E-state index contributed by atoms with van der Waals surface area (Å²) < 4.78 is 12.9. The molecule has 0 aliphatic heterocycles. The molecule has 0 fully saturated rings. The first-order valence-electron chi connectivity index (χ1n) is 4.46. The van der Waals surface area contributed by atoms with E-state index >= 15 is 0 Å². The molecule has 0 aromatic heterocycles. The number of guanidine groups is 1. The van der Waals surface area contributed by atoms with Crippen molar-refractivity contribution < 1.29 is 4.39 Å². The number of hydrogen-bond acceptors (Lipinski definition) is 1. The number of rotatable bonds is 2. The molecule has 0 atom stereocenters. The Labute approximate surface area is 82.8 Å². The highest BCUT2D eigenvalue weighted by Crippen LogP contribution is 2.12. The maximum atomic E-state index is 12.9. The molecule has 0 saturated heterocycles. The summed E-state index contributed by atoms with van der Waals surface area (Å²) in [5, 5.41) is 2.87. The van der Waals surface area contributed by atoms with Crippen molar-refractivity contribution in [1.82, 2.24) is 0 Å². The standard InChI is InChI=1S/C10H14FN3/c1-3-13-10(12)14-8-4-5-9(11)7(2)6-8/h4-6H,3H2,1-2H3,(H3,12,13,14). The van der Waals surface area contributed by atoms with Gasteiger partial charge in [0.25, 0.3) is 0 Å². The molecule has 0 radical (unpaired) electrons. The van der Waals surface area contributed by atoms with Gasteiger partial charge >= 0.3 is 0 Å². The summed E-state index contributed by atoms with van der Waals surface area (Å²) in [5.41, 5.74) is 6.88. The van der Waals surface area contributed by atoms with Crippen LogP contribution >= 0.6 is 0 Å². The highest BCUT2D eigenvalue weighted by atomic mass is 19.1. The molecule has 0 aliphatic carbocycles. The quantitative estimate of drug-likeness (QED) is 0.559. The van der Waals surface area contributed by atoms with Gasteiger partial charge in [0.15, 0.2) is 5.96 Å². The third-order valence-corrected chi connectivity index (χ3v) is 1.76. The number of aliphatic imine (C=N–C) groups is 1. The van der Waals surface area contributed by atoms with Gasteiger partial charge in [-0.2, -0.15) is 0 Å². The molecule has 0 saturated carbocycles. The molecule has 0 unspecified atom stereocenters. The molecular weight excluding hydrogens is 181 g/mol. The van der Waals surface area contributed by atoms with Crippen molar-refractivity contribution in [2.24, 2.45) is 10.7 Å². The molecule has 0 spiro atoms. The van der Waals surface area contributed by atoms with Crippen LogP contribution in [0.1, 0.15) is 12.5 Å². The smallest absolute Gasteiger partial charge is 0.193 e. The van der Waals surface area contributed by atoms with Crippen molar-refractivity contribution in [1.29, 1.82) is 0 Å². The fourth-order valence-electron chi connectivity index (χ4n) is 1.08. The van der Waals surface area contributed by atoms with Crippen LogP contribution in [0.4, 0.5) is 10.1 Å². The Hall–Kier alpha value is -1.58. The monoisotopic (exact) mass is 195 g/mol. The number of hydrogen-bond donors (Lipinski definition) is 2. The number of halogens is 1.